The third-order valence-corrected chi connectivity index (χ3v) is 7.76. The van der Waals surface area contributed by atoms with Crippen LogP contribution in [0.25, 0.3) is 0 Å². The van der Waals surface area contributed by atoms with Crippen molar-refractivity contribution in [2.24, 2.45) is 0 Å². The van der Waals surface area contributed by atoms with Crippen LogP contribution in [0.1, 0.15) is 30.4 Å². The molecule has 0 N–H and O–H groups in total. The number of ether oxygens (including phenoxy) is 1. The zero-order valence-electron chi connectivity index (χ0n) is 15.6. The first-order valence-corrected chi connectivity index (χ1v) is 11.9. The molecule has 1 heterocycles. The van der Waals surface area contributed by atoms with E-state index in [0.717, 1.165) is 23.3 Å². The largest absolute Gasteiger partial charge is 0.455 e. The van der Waals surface area contributed by atoms with E-state index in [1.165, 1.54) is 17.3 Å². The average molecular weight is 412 g/mol. The Labute approximate surface area is 164 Å². The van der Waals surface area contributed by atoms with Crippen LogP contribution in [-0.2, 0) is 24.2 Å². The van der Waals surface area contributed by atoms with Gasteiger partial charge in [-0.2, -0.15) is 0 Å². The fourth-order valence-corrected chi connectivity index (χ4v) is 5.93. The quantitative estimate of drug-likeness (QED) is 0.505. The third kappa shape index (κ3) is 5.48. The van der Waals surface area contributed by atoms with Crippen LogP contribution in [-0.4, -0.2) is 61.1 Å². The molecule has 0 unspecified atom stereocenters. The molecular formula is C19H25NO5S2. The molecule has 1 aromatic rings. The minimum atomic E-state index is -3.06. The number of carbonyl (C=O) groups is 2. The van der Waals surface area contributed by atoms with Gasteiger partial charge in [0.25, 0.3) is 5.91 Å². The molecule has 1 saturated heterocycles. The lowest BCUT2D eigenvalue weighted by molar-refractivity contribution is -0.151. The van der Waals surface area contributed by atoms with Gasteiger partial charge in [-0.25, -0.2) is 8.42 Å². The van der Waals surface area contributed by atoms with Crippen molar-refractivity contribution in [2.75, 3.05) is 23.9 Å². The molecule has 3 rings (SSSR count). The number of hydrogen-bond acceptors (Lipinski definition) is 6. The maximum absolute atomic E-state index is 12.5. The second kappa shape index (κ2) is 8.22. The van der Waals surface area contributed by atoms with E-state index in [-0.39, 0.29) is 41.9 Å². The standard InChI is InChI=1S/C19H25NO5S2/c1-13-3-6-17(14(2)9-13)26-11-19(22)25-10-18(21)20(15-4-5-15)16-7-8-27(23,24)12-16/h3,6,9,15-16H,4-5,7-8,10-12H2,1-2H3/t16-/m0/s1. The van der Waals surface area contributed by atoms with Crippen LogP contribution < -0.4 is 0 Å². The Bertz CT molecular complexity index is 833. The average Bonchev–Trinajstić information content (AvgIpc) is 3.35. The van der Waals surface area contributed by atoms with E-state index >= 15 is 0 Å². The van der Waals surface area contributed by atoms with Crippen molar-refractivity contribution in [3.05, 3.63) is 29.3 Å². The molecule has 0 bridgehead atoms. The number of hydrogen-bond donors (Lipinski definition) is 0. The molecule has 1 aromatic carbocycles. The lowest BCUT2D eigenvalue weighted by Gasteiger charge is -2.28. The van der Waals surface area contributed by atoms with E-state index < -0.39 is 15.8 Å². The van der Waals surface area contributed by atoms with E-state index in [0.29, 0.717) is 6.42 Å². The monoisotopic (exact) mass is 411 g/mol. The molecular weight excluding hydrogens is 386 g/mol. The van der Waals surface area contributed by atoms with E-state index in [2.05, 4.69) is 6.07 Å². The molecule has 6 nitrogen and oxygen atoms in total. The van der Waals surface area contributed by atoms with Gasteiger partial charge in [-0.3, -0.25) is 9.59 Å². The predicted octanol–water partition coefficient (Wildman–Crippen LogP) is 2.12. The first-order valence-electron chi connectivity index (χ1n) is 9.12. The van der Waals surface area contributed by atoms with Crippen molar-refractivity contribution in [3.8, 4) is 0 Å². The number of sulfone groups is 1. The molecule has 1 aliphatic carbocycles. The summed E-state index contributed by atoms with van der Waals surface area (Å²) in [5.74, 6) is -0.447. The number of aryl methyl sites for hydroxylation is 2. The third-order valence-electron chi connectivity index (χ3n) is 4.86. The lowest BCUT2D eigenvalue weighted by Crippen LogP contribution is -2.44. The Hall–Kier alpha value is -1.54. The number of carbonyl (C=O) groups excluding carboxylic acids is 2. The molecule has 1 atom stereocenters. The highest BCUT2D eigenvalue weighted by molar-refractivity contribution is 8.00. The van der Waals surface area contributed by atoms with Gasteiger partial charge < -0.3 is 9.64 Å². The van der Waals surface area contributed by atoms with Crippen LogP contribution in [0.4, 0.5) is 0 Å². The minimum Gasteiger partial charge on any atom is -0.455 e. The highest BCUT2D eigenvalue weighted by Gasteiger charge is 2.42. The van der Waals surface area contributed by atoms with Gasteiger partial charge in [0.1, 0.15) is 0 Å². The molecule has 2 aliphatic rings. The molecule has 0 spiro atoms. The summed E-state index contributed by atoms with van der Waals surface area (Å²) in [6.07, 6.45) is 2.25. The van der Waals surface area contributed by atoms with Gasteiger partial charge in [0, 0.05) is 17.0 Å². The molecule has 1 aliphatic heterocycles. The predicted molar refractivity (Wildman–Crippen MR) is 105 cm³/mol. The Morgan fingerprint density at radius 3 is 2.52 bits per heavy atom. The molecule has 8 heteroatoms. The number of amides is 1. The first-order chi connectivity index (χ1) is 12.7. The highest BCUT2D eigenvalue weighted by atomic mass is 32.2. The SMILES string of the molecule is Cc1ccc(SCC(=O)OCC(=O)N(C2CC2)[C@H]2CCS(=O)(=O)C2)c(C)c1. The highest BCUT2D eigenvalue weighted by Crippen LogP contribution is 2.32. The van der Waals surface area contributed by atoms with Gasteiger partial charge in [0.15, 0.2) is 16.4 Å². The van der Waals surface area contributed by atoms with Gasteiger partial charge in [0.2, 0.25) is 0 Å². The van der Waals surface area contributed by atoms with E-state index in [1.54, 1.807) is 4.90 Å². The summed E-state index contributed by atoms with van der Waals surface area (Å²) in [5.41, 5.74) is 2.27. The number of nitrogens with zero attached hydrogens (tertiary/aromatic N) is 1. The Kier molecular flexibility index (Phi) is 6.15. The summed E-state index contributed by atoms with van der Waals surface area (Å²) >= 11 is 1.39. The van der Waals surface area contributed by atoms with Crippen molar-refractivity contribution >= 4 is 33.5 Å². The summed E-state index contributed by atoms with van der Waals surface area (Å²) in [5, 5.41) is 0. The van der Waals surface area contributed by atoms with E-state index in [1.807, 2.05) is 26.0 Å². The van der Waals surface area contributed by atoms with Crippen LogP contribution >= 0.6 is 11.8 Å². The Balaban J connectivity index is 1.49. The van der Waals surface area contributed by atoms with E-state index in [4.69, 9.17) is 4.74 Å². The van der Waals surface area contributed by atoms with Gasteiger partial charge in [-0.15, -0.1) is 11.8 Å². The zero-order valence-corrected chi connectivity index (χ0v) is 17.3. The normalized spacial score (nSPS) is 21.0. The van der Waals surface area contributed by atoms with Crippen molar-refractivity contribution in [1.29, 1.82) is 0 Å². The molecule has 2 fully saturated rings. The summed E-state index contributed by atoms with van der Waals surface area (Å²) in [6.45, 7) is 3.69. The van der Waals surface area contributed by atoms with Gasteiger partial charge >= 0.3 is 5.97 Å². The maximum atomic E-state index is 12.5. The minimum absolute atomic E-state index is 0.0196. The van der Waals surface area contributed by atoms with Crippen LogP contribution in [0.15, 0.2) is 23.1 Å². The molecule has 0 aromatic heterocycles. The molecule has 148 valence electrons. The topological polar surface area (TPSA) is 80.8 Å². The maximum Gasteiger partial charge on any atom is 0.316 e. The van der Waals surface area contributed by atoms with Gasteiger partial charge in [-0.05, 0) is 44.7 Å². The van der Waals surface area contributed by atoms with Crippen LogP contribution in [0.3, 0.4) is 0 Å². The molecule has 1 saturated carbocycles. The Morgan fingerprint density at radius 2 is 1.93 bits per heavy atom. The number of rotatable bonds is 7. The summed E-state index contributed by atoms with van der Waals surface area (Å²) < 4.78 is 28.6. The number of esters is 1. The molecule has 0 radical (unpaired) electrons. The Morgan fingerprint density at radius 1 is 1.19 bits per heavy atom. The van der Waals surface area contributed by atoms with Crippen molar-refractivity contribution in [3.63, 3.8) is 0 Å². The smallest absolute Gasteiger partial charge is 0.316 e. The fourth-order valence-electron chi connectivity index (χ4n) is 3.41. The zero-order chi connectivity index (χ0) is 19.6. The second-order valence-corrected chi connectivity index (χ2v) is 10.6. The second-order valence-electron chi connectivity index (χ2n) is 7.31. The number of benzene rings is 1. The van der Waals surface area contributed by atoms with Crippen molar-refractivity contribution in [2.45, 2.75) is 50.1 Å². The number of thioether (sulfide) groups is 1. The molecule has 1 amide bonds. The summed E-state index contributed by atoms with van der Waals surface area (Å²) in [7, 11) is -3.06. The van der Waals surface area contributed by atoms with Gasteiger partial charge in [0.05, 0.1) is 17.3 Å². The van der Waals surface area contributed by atoms with Crippen LogP contribution in [0, 0.1) is 13.8 Å². The first kappa shape index (κ1) is 20.2. The summed E-state index contributed by atoms with van der Waals surface area (Å²) in [4.78, 5) is 27.2. The molecule has 27 heavy (non-hydrogen) atoms. The fraction of sp³-hybridized carbons (Fsp3) is 0.579. The van der Waals surface area contributed by atoms with E-state index in [9.17, 15) is 18.0 Å². The van der Waals surface area contributed by atoms with Crippen LogP contribution in [0.5, 0.6) is 0 Å². The van der Waals surface area contributed by atoms with Crippen molar-refractivity contribution in [1.82, 2.24) is 4.90 Å². The van der Waals surface area contributed by atoms with Crippen molar-refractivity contribution < 1.29 is 22.7 Å². The summed E-state index contributed by atoms with van der Waals surface area (Å²) in [6, 6.07) is 5.84. The van der Waals surface area contributed by atoms with Gasteiger partial charge in [-0.1, -0.05) is 17.7 Å². The lowest BCUT2D eigenvalue weighted by atomic mass is 10.2. The van der Waals surface area contributed by atoms with Crippen LogP contribution in [0.2, 0.25) is 0 Å².